The van der Waals surface area contributed by atoms with Gasteiger partial charge in [-0.3, -0.25) is 9.59 Å². The molecule has 4 aromatic rings. The summed E-state index contributed by atoms with van der Waals surface area (Å²) in [6.45, 7) is 2.64. The summed E-state index contributed by atoms with van der Waals surface area (Å²) in [6.07, 6.45) is 0.835. The second kappa shape index (κ2) is 9.56. The number of nitrogens with one attached hydrogen (secondary N) is 1. The fourth-order valence-electron chi connectivity index (χ4n) is 3.70. The van der Waals surface area contributed by atoms with E-state index in [1.165, 1.54) is 7.11 Å². The van der Waals surface area contributed by atoms with Crippen molar-refractivity contribution >= 4 is 22.6 Å². The topological polar surface area (TPSA) is 82.5 Å². The molecule has 0 aliphatic heterocycles. The number of rotatable bonds is 7. The third-order valence-corrected chi connectivity index (χ3v) is 5.38. The molecule has 0 atom stereocenters. The number of carbonyl (C=O) groups excluding carboxylic acids is 1. The van der Waals surface area contributed by atoms with Gasteiger partial charge in [-0.1, -0.05) is 31.2 Å². The number of anilines is 1. The van der Waals surface area contributed by atoms with E-state index in [2.05, 4.69) is 10.3 Å². The average Bonchev–Trinajstić information content (AvgIpc) is 2.86. The number of ether oxygens (including phenoxy) is 2. The first-order chi connectivity index (χ1) is 16.0. The molecule has 0 aliphatic rings. The van der Waals surface area contributed by atoms with E-state index in [1.807, 2.05) is 31.2 Å². The second-order valence-corrected chi connectivity index (χ2v) is 7.50. The molecule has 168 valence electrons. The third-order valence-electron chi connectivity index (χ3n) is 5.38. The van der Waals surface area contributed by atoms with Crippen molar-refractivity contribution in [1.82, 2.24) is 9.55 Å². The molecule has 4 rings (SSSR count). The number of methoxy groups -OCH3 is 2. The maximum atomic E-state index is 13.2. The molecular weight excluding hydrogens is 418 g/mol. The van der Waals surface area contributed by atoms with E-state index < -0.39 is 0 Å². The van der Waals surface area contributed by atoms with Crippen molar-refractivity contribution in [3.05, 3.63) is 82.6 Å². The van der Waals surface area contributed by atoms with Crippen molar-refractivity contribution in [3.8, 4) is 22.8 Å². The molecule has 0 fully saturated rings. The second-order valence-electron chi connectivity index (χ2n) is 7.50. The van der Waals surface area contributed by atoms with Crippen LogP contribution in [0.5, 0.6) is 11.5 Å². The number of aryl methyl sites for hydroxylation is 1. The smallest absolute Gasteiger partial charge is 0.277 e. The van der Waals surface area contributed by atoms with Crippen LogP contribution in [0.1, 0.15) is 23.7 Å². The number of carbonyl (C=O) groups is 1. The van der Waals surface area contributed by atoms with Gasteiger partial charge in [0.05, 0.1) is 30.9 Å². The van der Waals surface area contributed by atoms with Gasteiger partial charge in [-0.15, -0.1) is 0 Å². The highest BCUT2D eigenvalue weighted by Gasteiger charge is 2.14. The van der Waals surface area contributed by atoms with Gasteiger partial charge >= 0.3 is 0 Å². The largest absolute Gasteiger partial charge is 0.497 e. The van der Waals surface area contributed by atoms with Crippen molar-refractivity contribution < 1.29 is 14.3 Å². The highest BCUT2D eigenvalue weighted by atomic mass is 16.5. The normalized spacial score (nSPS) is 10.8. The Labute approximate surface area is 191 Å². The Morgan fingerprint density at radius 1 is 1.00 bits per heavy atom. The summed E-state index contributed by atoms with van der Waals surface area (Å²) in [5.74, 6) is 0.835. The van der Waals surface area contributed by atoms with Crippen molar-refractivity contribution in [2.45, 2.75) is 19.9 Å². The summed E-state index contributed by atoms with van der Waals surface area (Å²) in [4.78, 5) is 30.5. The van der Waals surface area contributed by atoms with Crippen LogP contribution in [-0.2, 0) is 6.54 Å². The van der Waals surface area contributed by atoms with Crippen LogP contribution >= 0.6 is 0 Å². The Hall–Kier alpha value is -4.13. The van der Waals surface area contributed by atoms with Gasteiger partial charge in [0.15, 0.2) is 0 Å². The first kappa shape index (κ1) is 22.1. The molecule has 1 aromatic heterocycles. The zero-order chi connectivity index (χ0) is 23.4. The Morgan fingerprint density at radius 2 is 1.76 bits per heavy atom. The van der Waals surface area contributed by atoms with Crippen LogP contribution in [0.15, 0.2) is 71.5 Å². The number of benzene rings is 3. The minimum atomic E-state index is -0.292. The summed E-state index contributed by atoms with van der Waals surface area (Å²) in [5.41, 5.74) is 3.44. The molecule has 7 nitrogen and oxygen atoms in total. The lowest BCUT2D eigenvalue weighted by Crippen LogP contribution is -2.23. The number of fused-ring (bicyclic) bond motifs is 1. The zero-order valence-electron chi connectivity index (χ0n) is 18.8. The van der Waals surface area contributed by atoms with Gasteiger partial charge in [0, 0.05) is 23.7 Å². The van der Waals surface area contributed by atoms with Gasteiger partial charge in [0.1, 0.15) is 17.2 Å². The number of para-hydroxylation sites is 2. The molecule has 0 spiro atoms. The molecule has 0 bridgehead atoms. The van der Waals surface area contributed by atoms with Gasteiger partial charge < -0.3 is 19.4 Å². The SMILES string of the molecule is CCCn1c(=O)c(-c2ccc(C(=O)Nc3ccc(OC)cc3OC)cc2)nc2ccccc21. The van der Waals surface area contributed by atoms with Crippen molar-refractivity contribution in [2.24, 2.45) is 0 Å². The van der Waals surface area contributed by atoms with E-state index in [-0.39, 0.29) is 11.5 Å². The van der Waals surface area contributed by atoms with Crippen LogP contribution in [0.25, 0.3) is 22.3 Å². The molecule has 1 amide bonds. The number of hydrogen-bond donors (Lipinski definition) is 1. The molecule has 0 aliphatic carbocycles. The zero-order valence-corrected chi connectivity index (χ0v) is 18.8. The van der Waals surface area contributed by atoms with E-state index in [0.29, 0.717) is 40.6 Å². The first-order valence-electron chi connectivity index (χ1n) is 10.7. The van der Waals surface area contributed by atoms with E-state index >= 15 is 0 Å². The summed E-state index contributed by atoms with van der Waals surface area (Å²) >= 11 is 0. The van der Waals surface area contributed by atoms with Crippen LogP contribution < -0.4 is 20.3 Å². The maximum absolute atomic E-state index is 13.2. The minimum absolute atomic E-state index is 0.143. The molecule has 0 radical (unpaired) electrons. The van der Waals surface area contributed by atoms with Gasteiger partial charge in [0.25, 0.3) is 11.5 Å². The molecule has 7 heteroatoms. The Kier molecular flexibility index (Phi) is 6.40. The Balaban J connectivity index is 1.64. The summed E-state index contributed by atoms with van der Waals surface area (Å²) in [5, 5.41) is 2.85. The summed E-state index contributed by atoms with van der Waals surface area (Å²) < 4.78 is 12.3. The molecule has 0 saturated carbocycles. The number of amides is 1. The van der Waals surface area contributed by atoms with Gasteiger partial charge in [-0.2, -0.15) is 0 Å². The summed E-state index contributed by atoms with van der Waals surface area (Å²) in [6, 6.07) is 19.6. The fourth-order valence-corrected chi connectivity index (χ4v) is 3.70. The van der Waals surface area contributed by atoms with E-state index in [1.54, 1.807) is 54.1 Å². The van der Waals surface area contributed by atoms with E-state index in [4.69, 9.17) is 9.47 Å². The predicted octanol–water partition coefficient (Wildman–Crippen LogP) is 4.74. The van der Waals surface area contributed by atoms with Crippen molar-refractivity contribution in [2.75, 3.05) is 19.5 Å². The molecule has 0 unspecified atom stereocenters. The maximum Gasteiger partial charge on any atom is 0.277 e. The van der Waals surface area contributed by atoms with Crippen LogP contribution in [0.2, 0.25) is 0 Å². The van der Waals surface area contributed by atoms with Gasteiger partial charge in [-0.25, -0.2) is 4.98 Å². The predicted molar refractivity (Wildman–Crippen MR) is 129 cm³/mol. The molecule has 0 saturated heterocycles. The van der Waals surface area contributed by atoms with Crippen LogP contribution in [0.3, 0.4) is 0 Å². The van der Waals surface area contributed by atoms with Crippen molar-refractivity contribution in [1.29, 1.82) is 0 Å². The highest BCUT2D eigenvalue weighted by molar-refractivity contribution is 6.05. The van der Waals surface area contributed by atoms with E-state index in [0.717, 1.165) is 17.5 Å². The van der Waals surface area contributed by atoms with Crippen molar-refractivity contribution in [3.63, 3.8) is 0 Å². The Morgan fingerprint density at radius 3 is 2.45 bits per heavy atom. The first-order valence-corrected chi connectivity index (χ1v) is 10.7. The highest BCUT2D eigenvalue weighted by Crippen LogP contribution is 2.29. The monoisotopic (exact) mass is 443 g/mol. The number of nitrogens with zero attached hydrogens (tertiary/aromatic N) is 2. The fraction of sp³-hybridized carbons (Fsp3) is 0.192. The van der Waals surface area contributed by atoms with Crippen LogP contribution in [0.4, 0.5) is 5.69 Å². The molecule has 33 heavy (non-hydrogen) atoms. The van der Waals surface area contributed by atoms with Crippen LogP contribution in [0, 0.1) is 0 Å². The van der Waals surface area contributed by atoms with Gasteiger partial charge in [0.2, 0.25) is 0 Å². The lowest BCUT2D eigenvalue weighted by atomic mass is 10.1. The van der Waals surface area contributed by atoms with Crippen LogP contribution in [-0.4, -0.2) is 29.7 Å². The van der Waals surface area contributed by atoms with Gasteiger partial charge in [-0.05, 0) is 42.8 Å². The minimum Gasteiger partial charge on any atom is -0.497 e. The number of hydrogen-bond acceptors (Lipinski definition) is 5. The lowest BCUT2D eigenvalue weighted by molar-refractivity contribution is 0.102. The summed E-state index contributed by atoms with van der Waals surface area (Å²) in [7, 11) is 3.09. The molecular formula is C26H25N3O4. The molecule has 1 N–H and O–H groups in total. The lowest BCUT2D eigenvalue weighted by Gasteiger charge is -2.13. The number of aromatic nitrogens is 2. The quantitative estimate of drug-likeness (QED) is 0.446. The average molecular weight is 444 g/mol. The van der Waals surface area contributed by atoms with E-state index in [9.17, 15) is 9.59 Å². The molecule has 3 aromatic carbocycles. The third kappa shape index (κ3) is 4.43. The standard InChI is InChI=1S/C26H25N3O4/c1-4-15-29-22-8-6-5-7-20(22)27-24(26(29)31)17-9-11-18(12-10-17)25(30)28-21-14-13-19(32-2)16-23(21)33-3/h5-14,16H,4,15H2,1-3H3,(H,28,30). The Bertz CT molecular complexity index is 1360. The molecule has 1 heterocycles.